The van der Waals surface area contributed by atoms with Crippen molar-refractivity contribution in [2.24, 2.45) is 0 Å². The van der Waals surface area contributed by atoms with Gasteiger partial charge in [-0.3, -0.25) is 9.59 Å². The zero-order chi connectivity index (χ0) is 16.2. The highest BCUT2D eigenvalue weighted by Crippen LogP contribution is 2.24. The van der Waals surface area contributed by atoms with E-state index in [1.54, 1.807) is 6.07 Å². The van der Waals surface area contributed by atoms with E-state index in [1.165, 1.54) is 11.3 Å². The van der Waals surface area contributed by atoms with Crippen LogP contribution in [0.4, 0.5) is 0 Å². The molecule has 4 nitrogen and oxygen atoms in total. The predicted octanol–water partition coefficient (Wildman–Crippen LogP) is 3.60. The fourth-order valence-electron chi connectivity index (χ4n) is 2.70. The molecule has 3 rings (SSSR count). The lowest BCUT2D eigenvalue weighted by Crippen LogP contribution is -2.38. The van der Waals surface area contributed by atoms with Gasteiger partial charge in [-0.25, -0.2) is 0 Å². The lowest BCUT2D eigenvalue weighted by molar-refractivity contribution is -0.128. The summed E-state index contributed by atoms with van der Waals surface area (Å²) >= 11 is 4.78. The minimum Gasteiger partial charge on any atom is -0.343 e. The smallest absolute Gasteiger partial charge is 0.261 e. The lowest BCUT2D eigenvalue weighted by Gasteiger charge is -2.25. The number of amides is 2. The van der Waals surface area contributed by atoms with Gasteiger partial charge in [0.25, 0.3) is 5.91 Å². The van der Waals surface area contributed by atoms with Crippen LogP contribution in [-0.4, -0.2) is 29.8 Å². The summed E-state index contributed by atoms with van der Waals surface area (Å²) in [4.78, 5) is 26.9. The number of benzene rings is 1. The van der Waals surface area contributed by atoms with E-state index in [1.807, 2.05) is 41.3 Å². The van der Waals surface area contributed by atoms with Gasteiger partial charge in [-0.1, -0.05) is 30.3 Å². The van der Waals surface area contributed by atoms with Gasteiger partial charge < -0.3 is 10.2 Å². The average Bonchev–Trinajstić information content (AvgIpc) is 3.16. The highest BCUT2D eigenvalue weighted by molar-refractivity contribution is 9.11. The molecule has 2 amide bonds. The van der Waals surface area contributed by atoms with Crippen molar-refractivity contribution in [2.45, 2.75) is 18.9 Å². The van der Waals surface area contributed by atoms with Crippen LogP contribution in [0.3, 0.4) is 0 Å². The summed E-state index contributed by atoms with van der Waals surface area (Å²) in [5.74, 6) is 0.0558. The summed E-state index contributed by atoms with van der Waals surface area (Å²) in [6.07, 6.45) is 1.50. The zero-order valence-electron chi connectivity index (χ0n) is 12.5. The Kier molecular flexibility index (Phi) is 5.13. The second kappa shape index (κ2) is 7.27. The Bertz CT molecular complexity index is 702. The monoisotopic (exact) mass is 392 g/mol. The van der Waals surface area contributed by atoms with Gasteiger partial charge in [-0.2, -0.15) is 0 Å². The quantitative estimate of drug-likeness (QED) is 0.844. The molecule has 0 saturated carbocycles. The van der Waals surface area contributed by atoms with Crippen molar-refractivity contribution in [1.82, 2.24) is 10.2 Å². The van der Waals surface area contributed by atoms with E-state index < -0.39 is 0 Å². The van der Waals surface area contributed by atoms with E-state index in [4.69, 9.17) is 0 Å². The first-order chi connectivity index (χ1) is 11.1. The van der Waals surface area contributed by atoms with E-state index >= 15 is 0 Å². The Morgan fingerprint density at radius 2 is 2.04 bits per heavy atom. The maximum atomic E-state index is 12.5. The van der Waals surface area contributed by atoms with Crippen LogP contribution in [0.15, 0.2) is 46.3 Å². The van der Waals surface area contributed by atoms with Gasteiger partial charge in [-0.05, 0) is 40.0 Å². The van der Waals surface area contributed by atoms with E-state index in [0.29, 0.717) is 17.8 Å². The van der Waals surface area contributed by atoms with Crippen molar-refractivity contribution in [3.8, 4) is 0 Å². The molecule has 0 unspecified atom stereocenters. The Balaban J connectivity index is 1.77. The highest BCUT2D eigenvalue weighted by Gasteiger charge is 2.25. The Morgan fingerprint density at radius 3 is 2.65 bits per heavy atom. The van der Waals surface area contributed by atoms with Crippen molar-refractivity contribution in [3.63, 3.8) is 0 Å². The summed E-state index contributed by atoms with van der Waals surface area (Å²) in [5.41, 5.74) is 1.01. The van der Waals surface area contributed by atoms with Gasteiger partial charge in [0.15, 0.2) is 0 Å². The molecule has 1 saturated heterocycles. The molecule has 1 fully saturated rings. The Hall–Kier alpha value is -1.66. The number of carbonyl (C=O) groups excluding carboxylic acids is 2. The highest BCUT2D eigenvalue weighted by atomic mass is 79.9. The molecular weight excluding hydrogens is 376 g/mol. The van der Waals surface area contributed by atoms with Crippen molar-refractivity contribution in [1.29, 1.82) is 0 Å². The fraction of sp³-hybridized carbons (Fsp3) is 0.294. The van der Waals surface area contributed by atoms with Crippen LogP contribution in [0.1, 0.15) is 34.1 Å². The van der Waals surface area contributed by atoms with Gasteiger partial charge >= 0.3 is 0 Å². The summed E-state index contributed by atoms with van der Waals surface area (Å²) in [6, 6.07) is 13.3. The number of carbonyl (C=O) groups is 2. The molecule has 1 aromatic carbocycles. The molecule has 2 heterocycles. The number of nitrogens with zero attached hydrogens (tertiary/aromatic N) is 1. The maximum Gasteiger partial charge on any atom is 0.261 e. The largest absolute Gasteiger partial charge is 0.343 e. The number of thiophene rings is 1. The first-order valence-corrected chi connectivity index (χ1v) is 9.13. The zero-order valence-corrected chi connectivity index (χ0v) is 14.9. The lowest BCUT2D eigenvalue weighted by atomic mass is 10.1. The SMILES string of the molecule is O=C(N[C@@H](CN1CCCC1=O)c1ccccc1)c1ccc(Br)s1. The van der Waals surface area contributed by atoms with Crippen molar-refractivity contribution in [3.05, 3.63) is 56.7 Å². The minimum absolute atomic E-state index is 0.110. The maximum absolute atomic E-state index is 12.5. The average molecular weight is 393 g/mol. The van der Waals surface area contributed by atoms with Crippen molar-refractivity contribution < 1.29 is 9.59 Å². The van der Waals surface area contributed by atoms with Crippen molar-refractivity contribution >= 4 is 39.1 Å². The van der Waals surface area contributed by atoms with Crippen LogP contribution in [-0.2, 0) is 4.79 Å². The molecule has 0 bridgehead atoms. The van der Waals surface area contributed by atoms with Gasteiger partial charge in [0, 0.05) is 19.5 Å². The molecular formula is C17H17BrN2O2S. The fourth-order valence-corrected chi connectivity index (χ4v) is 3.99. The number of likely N-dealkylation sites (tertiary alicyclic amines) is 1. The molecule has 23 heavy (non-hydrogen) atoms. The van der Waals surface area contributed by atoms with E-state index in [-0.39, 0.29) is 17.9 Å². The van der Waals surface area contributed by atoms with E-state index in [9.17, 15) is 9.59 Å². The summed E-state index contributed by atoms with van der Waals surface area (Å²) < 4.78 is 0.925. The molecule has 120 valence electrons. The van der Waals surface area contributed by atoms with E-state index in [2.05, 4.69) is 21.2 Å². The third-order valence-corrected chi connectivity index (χ3v) is 5.50. The van der Waals surface area contributed by atoms with Crippen LogP contribution in [0.25, 0.3) is 0 Å². The molecule has 0 spiro atoms. The normalized spacial score (nSPS) is 15.7. The van der Waals surface area contributed by atoms with Gasteiger partial charge in [0.2, 0.25) is 5.91 Å². The predicted molar refractivity (Wildman–Crippen MR) is 94.5 cm³/mol. The first-order valence-electron chi connectivity index (χ1n) is 7.52. The van der Waals surface area contributed by atoms with Gasteiger partial charge in [-0.15, -0.1) is 11.3 Å². The van der Waals surface area contributed by atoms with Crippen LogP contribution in [0, 0.1) is 0 Å². The summed E-state index contributed by atoms with van der Waals surface area (Å²) in [5, 5.41) is 3.07. The summed E-state index contributed by atoms with van der Waals surface area (Å²) in [6.45, 7) is 1.28. The third-order valence-electron chi connectivity index (χ3n) is 3.88. The number of nitrogens with one attached hydrogen (secondary N) is 1. The van der Waals surface area contributed by atoms with Crippen LogP contribution < -0.4 is 5.32 Å². The molecule has 1 atom stereocenters. The molecule has 0 radical (unpaired) electrons. The van der Waals surface area contributed by atoms with Gasteiger partial charge in [0.05, 0.1) is 14.7 Å². The summed E-state index contributed by atoms with van der Waals surface area (Å²) in [7, 11) is 0. The molecule has 1 aliphatic rings. The molecule has 1 aromatic heterocycles. The second-order valence-corrected chi connectivity index (χ2v) is 7.95. The molecule has 1 N–H and O–H groups in total. The standard InChI is InChI=1S/C17H17BrN2O2S/c18-15-9-8-14(23-15)17(22)19-13(12-5-2-1-3-6-12)11-20-10-4-7-16(20)21/h1-3,5-6,8-9,13H,4,7,10-11H2,(H,19,22)/t13-/m0/s1. The molecule has 1 aliphatic heterocycles. The molecule has 0 aliphatic carbocycles. The van der Waals surface area contributed by atoms with Crippen LogP contribution >= 0.6 is 27.3 Å². The Labute approximate surface area is 147 Å². The van der Waals surface area contributed by atoms with Crippen LogP contribution in [0.5, 0.6) is 0 Å². The number of halogens is 1. The first kappa shape index (κ1) is 16.2. The van der Waals surface area contributed by atoms with Gasteiger partial charge in [0.1, 0.15) is 0 Å². The molecule has 2 aromatic rings. The van der Waals surface area contributed by atoms with E-state index in [0.717, 1.165) is 22.3 Å². The van der Waals surface area contributed by atoms with Crippen molar-refractivity contribution in [2.75, 3.05) is 13.1 Å². The van der Waals surface area contributed by atoms with Crippen LogP contribution in [0.2, 0.25) is 0 Å². The minimum atomic E-state index is -0.202. The Morgan fingerprint density at radius 1 is 1.26 bits per heavy atom. The second-order valence-electron chi connectivity index (χ2n) is 5.48. The molecule has 6 heteroatoms. The number of hydrogen-bond acceptors (Lipinski definition) is 3. The number of hydrogen-bond donors (Lipinski definition) is 1. The third kappa shape index (κ3) is 4.00. The topological polar surface area (TPSA) is 49.4 Å². The number of rotatable bonds is 5.